The molecule has 0 radical (unpaired) electrons. The first-order valence-corrected chi connectivity index (χ1v) is 17.6. The molecule has 0 fully saturated rings. The van der Waals surface area contributed by atoms with E-state index in [1.54, 1.807) is 17.8 Å². The van der Waals surface area contributed by atoms with Crippen molar-refractivity contribution in [2.24, 2.45) is 5.41 Å². The maximum Gasteiger partial charge on any atom is 0.310 e. The van der Waals surface area contributed by atoms with E-state index in [2.05, 4.69) is 42.9 Å². The van der Waals surface area contributed by atoms with Gasteiger partial charge >= 0.3 is 5.97 Å². The highest BCUT2D eigenvalue weighted by Gasteiger charge is 2.45. The fourth-order valence-corrected chi connectivity index (χ4v) is 7.82. The van der Waals surface area contributed by atoms with Gasteiger partial charge in [0.05, 0.1) is 28.5 Å². The van der Waals surface area contributed by atoms with E-state index in [1.807, 2.05) is 80.6 Å². The second-order valence-corrected chi connectivity index (χ2v) is 15.4. The fraction of sp³-hybridized carbons (Fsp3) is 0.293. The van der Waals surface area contributed by atoms with Crippen molar-refractivity contribution in [1.29, 1.82) is 0 Å². The van der Waals surface area contributed by atoms with Crippen LogP contribution in [-0.2, 0) is 17.8 Å². The number of aromatic amines is 1. The number of aliphatic carboxylic acids is 1. The molecule has 0 aliphatic rings. The molecular formula is C41H42FN3O3S. The maximum atomic E-state index is 13.5. The van der Waals surface area contributed by atoms with Gasteiger partial charge in [-0.25, -0.2) is 9.37 Å². The molecule has 0 amide bonds. The Morgan fingerprint density at radius 1 is 0.959 bits per heavy atom. The van der Waals surface area contributed by atoms with Gasteiger partial charge in [0.25, 0.3) is 0 Å². The molecule has 0 aliphatic carbocycles. The smallest absolute Gasteiger partial charge is 0.310 e. The molecule has 0 bridgehead atoms. The van der Waals surface area contributed by atoms with Crippen LogP contribution in [0.2, 0.25) is 0 Å². The number of hydrogen-bond acceptors (Lipinski definition) is 5. The molecular weight excluding hydrogens is 634 g/mol. The highest BCUT2D eigenvalue weighted by molar-refractivity contribution is 8.00. The number of aromatic nitrogens is 3. The molecule has 0 saturated heterocycles. The lowest BCUT2D eigenvalue weighted by Gasteiger charge is -2.36. The van der Waals surface area contributed by atoms with Crippen LogP contribution in [0, 0.1) is 11.2 Å². The van der Waals surface area contributed by atoms with Gasteiger partial charge in [0, 0.05) is 43.1 Å². The average Bonchev–Trinajstić information content (AvgIpc) is 3.43. The number of thioether (sulfide) groups is 1. The molecule has 6 rings (SSSR count). The second kappa shape index (κ2) is 14.0. The van der Waals surface area contributed by atoms with Crippen LogP contribution >= 0.6 is 11.8 Å². The molecule has 0 aliphatic heterocycles. The van der Waals surface area contributed by atoms with E-state index < -0.39 is 11.4 Å². The number of carboxylic acid groups (broad SMARTS) is 1. The Balaban J connectivity index is 1.39. The summed E-state index contributed by atoms with van der Waals surface area (Å²) in [6.07, 6.45) is 2.68. The van der Waals surface area contributed by atoms with Gasteiger partial charge in [0.15, 0.2) is 0 Å². The summed E-state index contributed by atoms with van der Waals surface area (Å²) >= 11 is 1.75. The second-order valence-electron chi connectivity index (χ2n) is 13.6. The summed E-state index contributed by atoms with van der Waals surface area (Å²) in [5, 5.41) is 12.9. The summed E-state index contributed by atoms with van der Waals surface area (Å²) in [5.74, 6) is -0.804. The number of carboxylic acids is 1. The van der Waals surface area contributed by atoms with Crippen LogP contribution in [-0.4, -0.2) is 30.8 Å². The average molecular weight is 676 g/mol. The number of pyridine rings is 2. The van der Waals surface area contributed by atoms with Crippen molar-refractivity contribution in [3.8, 4) is 17.0 Å². The van der Waals surface area contributed by atoms with E-state index >= 15 is 0 Å². The molecule has 3 aromatic carbocycles. The van der Waals surface area contributed by atoms with Crippen molar-refractivity contribution >= 4 is 39.5 Å². The van der Waals surface area contributed by atoms with E-state index in [1.165, 1.54) is 12.3 Å². The molecule has 252 valence electrons. The Morgan fingerprint density at radius 3 is 2.39 bits per heavy atom. The monoisotopic (exact) mass is 675 g/mol. The number of fused-ring (bicyclic) bond motifs is 2. The van der Waals surface area contributed by atoms with Crippen LogP contribution in [0.1, 0.15) is 70.3 Å². The first-order valence-electron chi connectivity index (χ1n) is 16.8. The molecule has 8 heteroatoms. The minimum Gasteiger partial charge on any atom is -0.487 e. The van der Waals surface area contributed by atoms with Crippen molar-refractivity contribution in [2.75, 3.05) is 0 Å². The number of rotatable bonds is 12. The van der Waals surface area contributed by atoms with E-state index in [-0.39, 0.29) is 16.5 Å². The Bertz CT molecular complexity index is 2080. The Labute approximate surface area is 291 Å². The topological polar surface area (TPSA) is 88.1 Å². The van der Waals surface area contributed by atoms with Gasteiger partial charge in [-0.15, -0.1) is 11.8 Å². The molecule has 6 aromatic rings. The maximum absolute atomic E-state index is 13.5. The lowest BCUT2D eigenvalue weighted by molar-refractivity contribution is -0.151. The first kappa shape index (κ1) is 34.2. The summed E-state index contributed by atoms with van der Waals surface area (Å²) in [4.78, 5) is 27.0. The van der Waals surface area contributed by atoms with Crippen molar-refractivity contribution < 1.29 is 19.0 Å². The third-order valence-corrected chi connectivity index (χ3v) is 10.6. The number of nitrogens with one attached hydrogen (secondary N) is 1. The highest BCUT2D eigenvalue weighted by atomic mass is 32.2. The number of H-pyrrole nitrogens is 1. The lowest BCUT2D eigenvalue weighted by Crippen LogP contribution is -2.38. The van der Waals surface area contributed by atoms with Crippen molar-refractivity contribution in [1.82, 2.24) is 15.0 Å². The predicted octanol–water partition coefficient (Wildman–Crippen LogP) is 10.6. The van der Waals surface area contributed by atoms with Crippen LogP contribution in [0.25, 0.3) is 33.1 Å². The Morgan fingerprint density at radius 2 is 1.71 bits per heavy atom. The zero-order valence-electron chi connectivity index (χ0n) is 28.6. The van der Waals surface area contributed by atoms with Gasteiger partial charge in [0.1, 0.15) is 18.2 Å². The molecule has 6 nitrogen and oxygen atoms in total. The normalized spacial score (nSPS) is 12.8. The van der Waals surface area contributed by atoms with Gasteiger partial charge < -0.3 is 14.8 Å². The highest BCUT2D eigenvalue weighted by Crippen LogP contribution is 2.50. The van der Waals surface area contributed by atoms with E-state index in [4.69, 9.17) is 9.72 Å². The van der Waals surface area contributed by atoms with Crippen LogP contribution in [0.5, 0.6) is 5.75 Å². The fourth-order valence-electron chi connectivity index (χ4n) is 6.63. The predicted molar refractivity (Wildman–Crippen MR) is 197 cm³/mol. The number of hydrogen-bond donors (Lipinski definition) is 2. The largest absolute Gasteiger partial charge is 0.487 e. The molecule has 3 heterocycles. The van der Waals surface area contributed by atoms with Crippen molar-refractivity contribution in [2.45, 2.75) is 76.0 Å². The Kier molecular flexibility index (Phi) is 9.79. The summed E-state index contributed by atoms with van der Waals surface area (Å²) in [6.45, 7) is 10.8. The summed E-state index contributed by atoms with van der Waals surface area (Å²) in [7, 11) is 0. The van der Waals surface area contributed by atoms with Crippen LogP contribution < -0.4 is 4.74 Å². The zero-order valence-corrected chi connectivity index (χ0v) is 29.4. The number of benzene rings is 3. The van der Waals surface area contributed by atoms with Gasteiger partial charge in [-0.1, -0.05) is 83.1 Å². The standard InChI is InChI=1S/C41H42FN3O3S/c1-6-41(7-2,39(46)47)33(22-26-12-14-28(15-13-26)34-20-17-29(42)24-43-34)37-38(49-40(3,4)5)32-23-31(19-21-36(32)45-37)48-25-30-18-16-27-10-8-9-11-35(27)44-30/h8-21,23-24,33,45H,6-7,22,25H2,1-5H3,(H,46,47). The minimum atomic E-state index is -1.01. The van der Waals surface area contributed by atoms with E-state index in [0.717, 1.165) is 55.0 Å². The van der Waals surface area contributed by atoms with Crippen LogP contribution in [0.15, 0.2) is 102 Å². The number of halogens is 1. The molecule has 0 spiro atoms. The summed E-state index contributed by atoms with van der Waals surface area (Å²) in [5.41, 5.74) is 5.20. The number of ether oxygens (including phenoxy) is 1. The molecule has 3 aromatic heterocycles. The van der Waals surface area contributed by atoms with Gasteiger partial charge in [-0.3, -0.25) is 9.78 Å². The third-order valence-electron chi connectivity index (χ3n) is 9.32. The molecule has 49 heavy (non-hydrogen) atoms. The molecule has 0 saturated carbocycles. The summed E-state index contributed by atoms with van der Waals surface area (Å²) < 4.78 is 19.6. The van der Waals surface area contributed by atoms with E-state index in [0.29, 0.717) is 31.6 Å². The quantitative estimate of drug-likeness (QED) is 0.126. The minimum absolute atomic E-state index is 0.144. The molecule has 2 N–H and O–H groups in total. The lowest BCUT2D eigenvalue weighted by atomic mass is 9.67. The number of nitrogens with zero attached hydrogens (tertiary/aromatic N) is 2. The molecule has 1 atom stereocenters. The zero-order chi connectivity index (χ0) is 34.8. The van der Waals surface area contributed by atoms with E-state index in [9.17, 15) is 14.3 Å². The summed E-state index contributed by atoms with van der Waals surface area (Å²) in [6, 6.07) is 29.2. The van der Waals surface area contributed by atoms with Gasteiger partial charge in [-0.05, 0) is 67.3 Å². The third kappa shape index (κ3) is 7.35. The Hall–Kier alpha value is -4.69. The van der Waals surface area contributed by atoms with Crippen LogP contribution in [0.3, 0.4) is 0 Å². The van der Waals surface area contributed by atoms with Gasteiger partial charge in [-0.2, -0.15) is 0 Å². The molecule has 1 unspecified atom stereocenters. The van der Waals surface area contributed by atoms with Gasteiger partial charge in [0.2, 0.25) is 0 Å². The number of carbonyl (C=O) groups is 1. The number of para-hydroxylation sites is 1. The SMILES string of the molecule is CCC(CC)(C(=O)O)C(Cc1ccc(-c2ccc(F)cn2)cc1)c1[nH]c2ccc(OCc3ccc4ccccc4n3)cc2c1SC(C)(C)C. The first-order chi connectivity index (χ1) is 23.5. The van der Waals surface area contributed by atoms with Crippen LogP contribution in [0.4, 0.5) is 4.39 Å². The van der Waals surface area contributed by atoms with Crippen molar-refractivity contribution in [3.05, 3.63) is 120 Å². The van der Waals surface area contributed by atoms with Crippen molar-refractivity contribution in [3.63, 3.8) is 0 Å².